The van der Waals surface area contributed by atoms with Crippen LogP contribution in [0.25, 0.3) is 0 Å². The Hall–Kier alpha value is -3.04. The Morgan fingerprint density at radius 1 is 1.17 bits per heavy atom. The fourth-order valence-electron chi connectivity index (χ4n) is 1.43. The van der Waals surface area contributed by atoms with Crippen LogP contribution in [0.3, 0.4) is 0 Å². The average Bonchev–Trinajstić information content (AvgIpc) is 2.51. The lowest BCUT2D eigenvalue weighted by Crippen LogP contribution is -2.08. The number of para-hydroxylation sites is 1. The molecule has 0 aromatic heterocycles. The number of carbonyl (C=O) groups is 1. The molecule has 1 aromatic carbocycles. The summed E-state index contributed by atoms with van der Waals surface area (Å²) in [7, 11) is -3.56. The van der Waals surface area contributed by atoms with Gasteiger partial charge in [0.15, 0.2) is 0 Å². The van der Waals surface area contributed by atoms with Gasteiger partial charge in [-0.1, -0.05) is 48.3 Å². The summed E-state index contributed by atoms with van der Waals surface area (Å²) in [5, 5.41) is 9.45. The van der Waals surface area contributed by atoms with Crippen molar-refractivity contribution < 1.29 is 18.3 Å². The molecule has 0 spiro atoms. The fourth-order valence-corrected chi connectivity index (χ4v) is 2.26. The van der Waals surface area contributed by atoms with Crippen LogP contribution in [-0.2, 0) is 14.8 Å². The summed E-state index contributed by atoms with van der Waals surface area (Å²) >= 11 is 0. The molecule has 0 aliphatic carbocycles. The average molecular weight is 343 g/mol. The smallest absolute Gasteiger partial charge is 0.328 e. The van der Waals surface area contributed by atoms with Crippen LogP contribution in [-0.4, -0.2) is 19.5 Å². The van der Waals surface area contributed by atoms with E-state index < -0.39 is 16.0 Å². The van der Waals surface area contributed by atoms with Crippen LogP contribution in [0.2, 0.25) is 0 Å². The third kappa shape index (κ3) is 9.07. The lowest BCUT2D eigenvalue weighted by Gasteiger charge is -2.02. The van der Waals surface area contributed by atoms with Crippen LogP contribution in [0, 0.1) is 11.8 Å². The predicted molar refractivity (Wildman–Crippen MR) is 95.6 cm³/mol. The SMILES string of the molecule is C\C(C#C/C=C/C(=O)O)=C/C=C\C=C\S(=O)(=O)Nc1ccccc1. The summed E-state index contributed by atoms with van der Waals surface area (Å²) < 4.78 is 26.0. The molecular weight excluding hydrogens is 326 g/mol. The molecule has 5 nitrogen and oxygen atoms in total. The van der Waals surface area contributed by atoms with E-state index in [2.05, 4.69) is 16.6 Å². The summed E-state index contributed by atoms with van der Waals surface area (Å²) in [6, 6.07) is 8.59. The first-order valence-corrected chi connectivity index (χ1v) is 8.44. The zero-order valence-electron chi connectivity index (χ0n) is 13.0. The summed E-state index contributed by atoms with van der Waals surface area (Å²) in [6.07, 6.45) is 8.46. The van der Waals surface area contributed by atoms with E-state index in [0.29, 0.717) is 11.3 Å². The second-order valence-corrected chi connectivity index (χ2v) is 6.08. The molecule has 0 aliphatic rings. The number of rotatable bonds is 6. The number of sulfonamides is 1. The predicted octanol–water partition coefficient (Wildman–Crippen LogP) is 3.09. The maximum Gasteiger partial charge on any atom is 0.328 e. The first-order valence-electron chi connectivity index (χ1n) is 6.89. The summed E-state index contributed by atoms with van der Waals surface area (Å²) in [4.78, 5) is 10.2. The van der Waals surface area contributed by atoms with E-state index in [1.54, 1.807) is 55.5 Å². The molecule has 0 radical (unpaired) electrons. The van der Waals surface area contributed by atoms with Crippen molar-refractivity contribution in [1.82, 2.24) is 0 Å². The van der Waals surface area contributed by atoms with Gasteiger partial charge in [-0.2, -0.15) is 0 Å². The molecular formula is C18H17NO4S. The van der Waals surface area contributed by atoms with Crippen LogP contribution < -0.4 is 4.72 Å². The van der Waals surface area contributed by atoms with Gasteiger partial charge in [-0.05, 0) is 36.8 Å². The molecule has 24 heavy (non-hydrogen) atoms. The van der Waals surface area contributed by atoms with Crippen molar-refractivity contribution in [3.63, 3.8) is 0 Å². The van der Waals surface area contributed by atoms with Gasteiger partial charge in [0.1, 0.15) is 0 Å². The highest BCUT2D eigenvalue weighted by atomic mass is 32.2. The van der Waals surface area contributed by atoms with E-state index in [1.165, 1.54) is 12.2 Å². The van der Waals surface area contributed by atoms with Gasteiger partial charge >= 0.3 is 5.97 Å². The van der Waals surface area contributed by atoms with Crippen LogP contribution >= 0.6 is 0 Å². The largest absolute Gasteiger partial charge is 0.478 e. The Labute approximate surface area is 141 Å². The molecule has 0 aliphatic heterocycles. The Morgan fingerprint density at radius 3 is 2.54 bits per heavy atom. The van der Waals surface area contributed by atoms with Gasteiger partial charge in [0, 0.05) is 11.8 Å². The Bertz CT molecular complexity index is 836. The number of hydrogen-bond acceptors (Lipinski definition) is 3. The second-order valence-electron chi connectivity index (χ2n) is 4.52. The molecule has 0 fully saturated rings. The van der Waals surface area contributed by atoms with Crippen molar-refractivity contribution in [3.8, 4) is 11.8 Å². The Balaban J connectivity index is 2.57. The summed E-state index contributed by atoms with van der Waals surface area (Å²) in [6.45, 7) is 1.75. The zero-order valence-corrected chi connectivity index (χ0v) is 13.8. The van der Waals surface area contributed by atoms with Crippen LogP contribution in [0.1, 0.15) is 6.92 Å². The highest BCUT2D eigenvalue weighted by molar-refractivity contribution is 7.95. The Morgan fingerprint density at radius 2 is 1.88 bits per heavy atom. The first kappa shape index (κ1) is 19.0. The molecule has 6 heteroatoms. The van der Waals surface area contributed by atoms with E-state index in [4.69, 9.17) is 5.11 Å². The molecule has 0 amide bonds. The van der Waals surface area contributed by atoms with Crippen LogP contribution in [0.4, 0.5) is 5.69 Å². The minimum atomic E-state index is -3.56. The number of carboxylic acid groups (broad SMARTS) is 1. The number of anilines is 1. The third-order valence-electron chi connectivity index (χ3n) is 2.44. The van der Waals surface area contributed by atoms with Crippen molar-refractivity contribution in [1.29, 1.82) is 0 Å². The normalized spacial score (nSPS) is 12.5. The molecule has 0 saturated heterocycles. The van der Waals surface area contributed by atoms with E-state index in [0.717, 1.165) is 11.5 Å². The molecule has 2 N–H and O–H groups in total. The third-order valence-corrected chi connectivity index (χ3v) is 3.47. The summed E-state index contributed by atoms with van der Waals surface area (Å²) in [5.74, 6) is 4.25. The molecule has 0 heterocycles. The van der Waals surface area contributed by atoms with Crippen LogP contribution in [0.15, 0.2) is 77.8 Å². The molecule has 0 saturated carbocycles. The van der Waals surface area contributed by atoms with E-state index in [-0.39, 0.29) is 0 Å². The maximum absolute atomic E-state index is 11.8. The van der Waals surface area contributed by atoms with E-state index in [1.807, 2.05) is 0 Å². The lowest BCUT2D eigenvalue weighted by atomic mass is 10.2. The highest BCUT2D eigenvalue weighted by Crippen LogP contribution is 2.08. The van der Waals surface area contributed by atoms with Gasteiger partial charge in [0.2, 0.25) is 0 Å². The number of allylic oxidation sites excluding steroid dienone is 6. The minimum absolute atomic E-state index is 0.492. The van der Waals surface area contributed by atoms with E-state index >= 15 is 0 Å². The van der Waals surface area contributed by atoms with Crippen molar-refractivity contribution in [2.45, 2.75) is 6.92 Å². The topological polar surface area (TPSA) is 83.5 Å². The minimum Gasteiger partial charge on any atom is -0.478 e. The molecule has 1 rings (SSSR count). The van der Waals surface area contributed by atoms with Crippen molar-refractivity contribution in [3.05, 3.63) is 77.8 Å². The van der Waals surface area contributed by atoms with Gasteiger partial charge in [0.05, 0.1) is 5.41 Å². The van der Waals surface area contributed by atoms with Crippen molar-refractivity contribution in [2.75, 3.05) is 4.72 Å². The molecule has 0 atom stereocenters. The van der Waals surface area contributed by atoms with Gasteiger partial charge in [0.25, 0.3) is 10.0 Å². The van der Waals surface area contributed by atoms with Crippen molar-refractivity contribution in [2.24, 2.45) is 0 Å². The van der Waals surface area contributed by atoms with Gasteiger partial charge in [-0.25, -0.2) is 13.2 Å². The Kier molecular flexibility index (Phi) is 7.82. The second kappa shape index (κ2) is 9.87. The zero-order chi connectivity index (χ0) is 17.8. The summed E-state index contributed by atoms with van der Waals surface area (Å²) in [5.41, 5.74) is 1.20. The number of carboxylic acids is 1. The molecule has 1 aromatic rings. The molecule has 124 valence electrons. The van der Waals surface area contributed by atoms with Crippen LogP contribution in [0.5, 0.6) is 0 Å². The van der Waals surface area contributed by atoms with Gasteiger partial charge in [-0.3, -0.25) is 4.72 Å². The van der Waals surface area contributed by atoms with Gasteiger partial charge < -0.3 is 5.11 Å². The monoisotopic (exact) mass is 343 g/mol. The molecule has 0 unspecified atom stereocenters. The molecule has 0 bridgehead atoms. The lowest BCUT2D eigenvalue weighted by molar-refractivity contribution is -0.131. The fraction of sp³-hybridized carbons (Fsp3) is 0.0556. The van der Waals surface area contributed by atoms with E-state index in [9.17, 15) is 13.2 Å². The first-order chi connectivity index (χ1) is 11.4. The quantitative estimate of drug-likeness (QED) is 0.472. The highest BCUT2D eigenvalue weighted by Gasteiger charge is 2.03. The van der Waals surface area contributed by atoms with Crippen molar-refractivity contribution >= 4 is 21.7 Å². The number of nitrogens with one attached hydrogen (secondary N) is 1. The standard InChI is InChI=1S/C18H17NO4S/c1-16(11-7-8-14-18(20)21)10-4-3-9-15-24(22,23)19-17-12-5-2-6-13-17/h2-6,8-10,12-15,19H,1H3,(H,20,21)/b4-3-,14-8+,15-9+,16-10+. The van der Waals surface area contributed by atoms with Gasteiger partial charge in [-0.15, -0.1) is 0 Å². The maximum atomic E-state index is 11.8. The number of hydrogen-bond donors (Lipinski definition) is 2. The number of aliphatic carboxylic acids is 1. The number of benzene rings is 1.